The zero-order valence-electron chi connectivity index (χ0n) is 14.0. The van der Waals surface area contributed by atoms with Gasteiger partial charge in [0, 0.05) is 5.69 Å². The van der Waals surface area contributed by atoms with Crippen LogP contribution in [0, 0.1) is 6.92 Å². The molecule has 6 nitrogen and oxygen atoms in total. The summed E-state index contributed by atoms with van der Waals surface area (Å²) in [6.07, 6.45) is -3.51. The Labute approximate surface area is 153 Å². The molecule has 27 heavy (non-hydrogen) atoms. The molecular formula is C17H14F3N3O3S. The molecular weight excluding hydrogens is 383 g/mol. The van der Waals surface area contributed by atoms with Crippen LogP contribution < -0.4 is 10.2 Å². The van der Waals surface area contributed by atoms with Crippen LogP contribution in [-0.4, -0.2) is 27.2 Å². The summed E-state index contributed by atoms with van der Waals surface area (Å²) in [5.41, 5.74) is 0.166. The van der Waals surface area contributed by atoms with E-state index in [4.69, 9.17) is 0 Å². The number of hydrogen-bond donors (Lipinski definition) is 1. The third-order valence-corrected chi connectivity index (χ3v) is 5.09. The molecule has 0 saturated carbocycles. The van der Waals surface area contributed by atoms with Crippen molar-refractivity contribution in [2.24, 2.45) is 4.40 Å². The Morgan fingerprint density at radius 3 is 2.63 bits per heavy atom. The van der Waals surface area contributed by atoms with Crippen LogP contribution in [0.3, 0.4) is 0 Å². The minimum Gasteiger partial charge on any atom is -0.325 e. The fourth-order valence-corrected chi connectivity index (χ4v) is 3.59. The number of fused-ring (bicyclic) bond motifs is 1. The second-order valence-electron chi connectivity index (χ2n) is 5.92. The van der Waals surface area contributed by atoms with Crippen LogP contribution in [0.1, 0.15) is 11.1 Å². The summed E-state index contributed by atoms with van der Waals surface area (Å²) >= 11 is 0. The molecule has 0 fully saturated rings. The molecule has 0 aromatic heterocycles. The van der Waals surface area contributed by atoms with Crippen molar-refractivity contribution in [3.63, 3.8) is 0 Å². The van der Waals surface area contributed by atoms with Crippen LogP contribution in [0.5, 0.6) is 0 Å². The monoisotopic (exact) mass is 397 g/mol. The van der Waals surface area contributed by atoms with Gasteiger partial charge in [0.05, 0.1) is 11.3 Å². The van der Waals surface area contributed by atoms with E-state index in [1.54, 1.807) is 19.1 Å². The van der Waals surface area contributed by atoms with Gasteiger partial charge in [-0.05, 0) is 42.8 Å². The second-order valence-corrected chi connectivity index (χ2v) is 7.52. The smallest absolute Gasteiger partial charge is 0.325 e. The fraction of sp³-hybridized carbons (Fsp3) is 0.176. The number of halogens is 3. The Balaban J connectivity index is 1.81. The third kappa shape index (κ3) is 4.11. The van der Waals surface area contributed by atoms with E-state index in [0.29, 0.717) is 0 Å². The molecule has 1 aliphatic rings. The number of aryl methyl sites for hydroxylation is 1. The number of rotatable bonds is 3. The van der Waals surface area contributed by atoms with Gasteiger partial charge in [0.15, 0.2) is 0 Å². The predicted octanol–water partition coefficient (Wildman–Crippen LogP) is 3.19. The SMILES string of the molecule is Cc1ccc2c(c1)N(CC(=O)Nc1cccc(C(F)(F)F)c1)C=NS2(=O)=O. The highest BCUT2D eigenvalue weighted by Gasteiger charge is 2.31. The second kappa shape index (κ2) is 6.69. The molecule has 0 unspecified atom stereocenters. The first-order valence-electron chi connectivity index (χ1n) is 7.71. The zero-order chi connectivity index (χ0) is 19.8. The van der Waals surface area contributed by atoms with Crippen molar-refractivity contribution in [1.29, 1.82) is 0 Å². The van der Waals surface area contributed by atoms with Crippen LogP contribution in [0.2, 0.25) is 0 Å². The number of amides is 1. The van der Waals surface area contributed by atoms with Crippen molar-refractivity contribution in [3.8, 4) is 0 Å². The Bertz CT molecular complexity index is 1030. The number of hydrogen-bond acceptors (Lipinski definition) is 4. The lowest BCUT2D eigenvalue weighted by atomic mass is 10.2. The van der Waals surface area contributed by atoms with Crippen molar-refractivity contribution in [2.75, 3.05) is 16.8 Å². The molecule has 10 heteroatoms. The average molecular weight is 397 g/mol. The first kappa shape index (κ1) is 18.9. The van der Waals surface area contributed by atoms with Crippen LogP contribution in [-0.2, 0) is 21.0 Å². The van der Waals surface area contributed by atoms with E-state index in [2.05, 4.69) is 9.71 Å². The summed E-state index contributed by atoms with van der Waals surface area (Å²) < 4.78 is 65.8. The van der Waals surface area contributed by atoms with Gasteiger partial charge in [-0.15, -0.1) is 4.40 Å². The average Bonchev–Trinajstić information content (AvgIpc) is 2.57. The molecule has 0 bridgehead atoms. The van der Waals surface area contributed by atoms with E-state index in [1.807, 2.05) is 0 Å². The van der Waals surface area contributed by atoms with Gasteiger partial charge >= 0.3 is 6.18 Å². The maximum absolute atomic E-state index is 12.8. The molecule has 0 atom stereocenters. The molecule has 3 rings (SSSR count). The third-order valence-electron chi connectivity index (χ3n) is 3.81. The lowest BCUT2D eigenvalue weighted by Crippen LogP contribution is -2.35. The van der Waals surface area contributed by atoms with E-state index < -0.39 is 27.7 Å². The lowest BCUT2D eigenvalue weighted by molar-refractivity contribution is -0.137. The molecule has 142 valence electrons. The van der Waals surface area contributed by atoms with E-state index in [9.17, 15) is 26.4 Å². The van der Waals surface area contributed by atoms with Gasteiger partial charge in [0.1, 0.15) is 17.8 Å². The molecule has 0 saturated heterocycles. The lowest BCUT2D eigenvalue weighted by Gasteiger charge is -2.25. The van der Waals surface area contributed by atoms with Gasteiger partial charge in [0.25, 0.3) is 10.0 Å². The largest absolute Gasteiger partial charge is 0.416 e. The first-order chi connectivity index (χ1) is 12.6. The summed E-state index contributed by atoms with van der Waals surface area (Å²) in [5.74, 6) is -0.618. The number of anilines is 2. The topological polar surface area (TPSA) is 78.8 Å². The minimum absolute atomic E-state index is 0.0131. The van der Waals surface area contributed by atoms with E-state index >= 15 is 0 Å². The molecule has 2 aromatic carbocycles. The molecule has 2 aromatic rings. The normalized spacial score (nSPS) is 15.3. The maximum Gasteiger partial charge on any atom is 0.416 e. The van der Waals surface area contributed by atoms with E-state index in [-0.39, 0.29) is 22.8 Å². The number of nitrogens with one attached hydrogen (secondary N) is 1. The molecule has 0 aliphatic carbocycles. The summed E-state index contributed by atoms with van der Waals surface area (Å²) in [7, 11) is -3.84. The number of carbonyl (C=O) groups excluding carboxylic acids is 1. The van der Waals surface area contributed by atoms with Gasteiger partial charge in [-0.3, -0.25) is 4.79 Å². The molecule has 1 amide bonds. The number of sulfonamides is 1. The summed E-state index contributed by atoms with van der Waals surface area (Å²) in [6, 6.07) is 8.84. The molecule has 0 radical (unpaired) electrons. The van der Waals surface area contributed by atoms with Crippen LogP contribution in [0.15, 0.2) is 51.8 Å². The first-order valence-corrected chi connectivity index (χ1v) is 9.15. The highest BCUT2D eigenvalue weighted by molar-refractivity contribution is 7.90. The zero-order valence-corrected chi connectivity index (χ0v) is 14.8. The van der Waals surface area contributed by atoms with Gasteiger partial charge in [-0.2, -0.15) is 21.6 Å². The molecule has 1 aliphatic heterocycles. The number of nitrogens with zero attached hydrogens (tertiary/aromatic N) is 2. The van der Waals surface area contributed by atoms with Crippen LogP contribution in [0.4, 0.5) is 24.5 Å². The van der Waals surface area contributed by atoms with Crippen molar-refractivity contribution in [3.05, 3.63) is 53.6 Å². The van der Waals surface area contributed by atoms with Crippen LogP contribution >= 0.6 is 0 Å². The van der Waals surface area contributed by atoms with Crippen molar-refractivity contribution in [2.45, 2.75) is 18.0 Å². The van der Waals surface area contributed by atoms with Gasteiger partial charge in [-0.25, -0.2) is 0 Å². The Hall–Kier alpha value is -2.88. The summed E-state index contributed by atoms with van der Waals surface area (Å²) in [4.78, 5) is 13.5. The summed E-state index contributed by atoms with van der Waals surface area (Å²) in [5, 5.41) is 2.38. The fourth-order valence-electron chi connectivity index (χ4n) is 2.56. The number of carbonyl (C=O) groups is 1. The Morgan fingerprint density at radius 2 is 1.93 bits per heavy atom. The van der Waals surface area contributed by atoms with E-state index in [1.165, 1.54) is 23.1 Å². The van der Waals surface area contributed by atoms with Crippen molar-refractivity contribution >= 4 is 33.6 Å². The number of benzene rings is 2. The molecule has 1 heterocycles. The van der Waals surface area contributed by atoms with Gasteiger partial charge < -0.3 is 10.2 Å². The van der Waals surface area contributed by atoms with Crippen molar-refractivity contribution in [1.82, 2.24) is 0 Å². The highest BCUT2D eigenvalue weighted by atomic mass is 32.2. The minimum atomic E-state index is -4.52. The highest BCUT2D eigenvalue weighted by Crippen LogP contribution is 2.32. The quantitative estimate of drug-likeness (QED) is 0.863. The predicted molar refractivity (Wildman–Crippen MR) is 94.3 cm³/mol. The van der Waals surface area contributed by atoms with Gasteiger partial charge in [-0.1, -0.05) is 12.1 Å². The summed E-state index contributed by atoms with van der Waals surface area (Å²) in [6.45, 7) is 1.45. The maximum atomic E-state index is 12.8. The van der Waals surface area contributed by atoms with Gasteiger partial charge in [0.2, 0.25) is 5.91 Å². The molecule has 1 N–H and O–H groups in total. The molecule has 0 spiro atoms. The van der Waals surface area contributed by atoms with Crippen molar-refractivity contribution < 1.29 is 26.4 Å². The van der Waals surface area contributed by atoms with E-state index in [0.717, 1.165) is 24.0 Å². The number of alkyl halides is 3. The van der Waals surface area contributed by atoms with Crippen LogP contribution in [0.25, 0.3) is 0 Å². The Morgan fingerprint density at radius 1 is 1.19 bits per heavy atom. The Kier molecular flexibility index (Phi) is 4.68. The standard InChI is InChI=1S/C17H14F3N3O3S/c1-11-5-6-15-14(7-11)23(10-21-27(15,25)26)9-16(24)22-13-4-2-3-12(8-13)17(18,19)20/h2-8,10H,9H2,1H3,(H,22,24).